The van der Waals surface area contributed by atoms with Gasteiger partial charge in [0, 0.05) is 0 Å². The zero-order valence-electron chi connectivity index (χ0n) is 24.5. The highest BCUT2D eigenvalue weighted by molar-refractivity contribution is 6.27. The summed E-state index contributed by atoms with van der Waals surface area (Å²) in [5.41, 5.74) is 10.6. The second kappa shape index (κ2) is 9.64. The van der Waals surface area contributed by atoms with E-state index >= 15 is 0 Å². The lowest BCUT2D eigenvalue weighted by Crippen LogP contribution is -1.91. The molecule has 0 atom stereocenters. The third-order valence-electron chi connectivity index (χ3n) is 9.39. The quantitative estimate of drug-likeness (QED) is 0.148. The van der Waals surface area contributed by atoms with Gasteiger partial charge in [-0.3, -0.25) is 0 Å². The average molecular weight is 580 g/mol. The first kappa shape index (κ1) is 25.7. The zero-order chi connectivity index (χ0) is 30.9. The normalized spacial score (nSPS) is 11.4. The summed E-state index contributed by atoms with van der Waals surface area (Å²) in [6, 6.07) is 45.9. The van der Waals surface area contributed by atoms with Crippen molar-refractivity contribution in [1.29, 1.82) is 5.26 Å². The second-order valence-electron chi connectivity index (χ2n) is 11.8. The van der Waals surface area contributed by atoms with Crippen molar-refractivity contribution in [2.45, 2.75) is 0 Å². The standard InChI is InChI=1S/C43H21N3/c1-45-29-12-4-11-28(18-29)35-20-37-31-16-15-30(46-2)19-36(31)34(27-10-3-7-25(17-27)24-44)21-41(37)42-23-39-33-14-6-9-26-8-5-13-32(43(26)33)38(39)22-40(35)42/h3-23H. The van der Waals surface area contributed by atoms with Crippen LogP contribution in [0.2, 0.25) is 0 Å². The predicted molar refractivity (Wildman–Crippen MR) is 189 cm³/mol. The van der Waals surface area contributed by atoms with Crippen molar-refractivity contribution in [3.05, 3.63) is 156 Å². The zero-order valence-corrected chi connectivity index (χ0v) is 24.5. The van der Waals surface area contributed by atoms with Crippen LogP contribution in [0, 0.1) is 24.5 Å². The van der Waals surface area contributed by atoms with Gasteiger partial charge in [0.05, 0.1) is 24.8 Å². The Balaban J connectivity index is 1.48. The van der Waals surface area contributed by atoms with Crippen molar-refractivity contribution in [2.75, 3.05) is 0 Å². The van der Waals surface area contributed by atoms with Gasteiger partial charge in [-0.25, -0.2) is 9.69 Å². The first-order valence-corrected chi connectivity index (χ1v) is 15.0. The molecule has 0 N–H and O–H groups in total. The molecule has 0 amide bonds. The summed E-state index contributed by atoms with van der Waals surface area (Å²) in [6.07, 6.45) is 0. The summed E-state index contributed by atoms with van der Waals surface area (Å²) >= 11 is 0. The molecule has 1 aliphatic carbocycles. The molecule has 208 valence electrons. The molecule has 9 rings (SSSR count). The van der Waals surface area contributed by atoms with Gasteiger partial charge in [0.25, 0.3) is 0 Å². The van der Waals surface area contributed by atoms with E-state index in [9.17, 15) is 5.26 Å². The van der Waals surface area contributed by atoms with Gasteiger partial charge < -0.3 is 0 Å². The Labute approximate surface area is 265 Å². The lowest BCUT2D eigenvalue weighted by atomic mass is 9.85. The van der Waals surface area contributed by atoms with Crippen LogP contribution in [0.3, 0.4) is 0 Å². The Morgan fingerprint density at radius 3 is 1.67 bits per heavy atom. The predicted octanol–water partition coefficient (Wildman–Crippen LogP) is 12.3. The Morgan fingerprint density at radius 2 is 0.978 bits per heavy atom. The maximum absolute atomic E-state index is 9.71. The molecular weight excluding hydrogens is 558 g/mol. The summed E-state index contributed by atoms with van der Waals surface area (Å²) in [4.78, 5) is 7.49. The van der Waals surface area contributed by atoms with E-state index in [0.717, 1.165) is 54.6 Å². The first-order chi connectivity index (χ1) is 22.6. The highest BCUT2D eigenvalue weighted by Crippen LogP contribution is 2.51. The van der Waals surface area contributed by atoms with Crippen molar-refractivity contribution >= 4 is 54.5 Å². The molecular formula is C43H21N3. The van der Waals surface area contributed by atoms with Crippen LogP contribution in [-0.2, 0) is 0 Å². The van der Waals surface area contributed by atoms with Crippen LogP contribution < -0.4 is 0 Å². The molecule has 3 nitrogen and oxygen atoms in total. The molecule has 46 heavy (non-hydrogen) atoms. The molecule has 8 aromatic carbocycles. The van der Waals surface area contributed by atoms with Crippen molar-refractivity contribution < 1.29 is 0 Å². The highest BCUT2D eigenvalue weighted by Gasteiger charge is 2.24. The molecule has 0 aromatic heterocycles. The topological polar surface area (TPSA) is 32.5 Å². The monoisotopic (exact) mass is 579 g/mol. The minimum Gasteiger partial charge on any atom is -0.238 e. The third-order valence-corrected chi connectivity index (χ3v) is 9.39. The van der Waals surface area contributed by atoms with Crippen LogP contribution in [0.4, 0.5) is 11.4 Å². The van der Waals surface area contributed by atoms with Gasteiger partial charge >= 0.3 is 0 Å². The maximum atomic E-state index is 9.71. The minimum atomic E-state index is 0.569. The fourth-order valence-electron chi connectivity index (χ4n) is 7.36. The summed E-state index contributed by atoms with van der Waals surface area (Å²) in [6.45, 7) is 15.4. The smallest absolute Gasteiger partial charge is 0.187 e. The Morgan fingerprint density at radius 1 is 0.435 bits per heavy atom. The van der Waals surface area contributed by atoms with E-state index in [4.69, 9.17) is 13.1 Å². The number of nitriles is 1. The molecule has 0 heterocycles. The van der Waals surface area contributed by atoms with Gasteiger partial charge in [-0.1, -0.05) is 78.9 Å². The van der Waals surface area contributed by atoms with Gasteiger partial charge in [-0.15, -0.1) is 0 Å². The SMILES string of the molecule is [C-]#[N+]c1cccc(-c2cc3c4ccc([N+]#[C-])cc4c(-c4cccc(C#N)c4)cc3c3cc4c(cc23)-c2cccc3cccc-4c23)c1. The summed E-state index contributed by atoms with van der Waals surface area (Å²) < 4.78 is 0. The molecule has 0 fully saturated rings. The molecule has 3 heteroatoms. The number of benzene rings is 8. The fraction of sp³-hybridized carbons (Fsp3) is 0. The van der Waals surface area contributed by atoms with Crippen LogP contribution in [0.5, 0.6) is 0 Å². The van der Waals surface area contributed by atoms with Gasteiger partial charge in [-0.05, 0) is 136 Å². The number of fused-ring (bicyclic) bond motifs is 8. The van der Waals surface area contributed by atoms with E-state index in [1.54, 1.807) is 0 Å². The molecule has 0 spiro atoms. The molecule has 0 saturated carbocycles. The van der Waals surface area contributed by atoms with E-state index in [0.29, 0.717) is 16.9 Å². The van der Waals surface area contributed by atoms with Gasteiger partial charge in [-0.2, -0.15) is 5.26 Å². The van der Waals surface area contributed by atoms with Crippen molar-refractivity contribution in [2.24, 2.45) is 0 Å². The van der Waals surface area contributed by atoms with Crippen LogP contribution in [0.25, 0.3) is 97.3 Å². The van der Waals surface area contributed by atoms with Crippen molar-refractivity contribution in [1.82, 2.24) is 0 Å². The molecule has 0 saturated heterocycles. The molecule has 0 unspecified atom stereocenters. The Kier molecular flexibility index (Phi) is 5.39. The van der Waals surface area contributed by atoms with Gasteiger partial charge in [0.15, 0.2) is 11.4 Å². The summed E-state index contributed by atoms with van der Waals surface area (Å²) in [7, 11) is 0. The molecule has 0 radical (unpaired) electrons. The molecule has 0 aliphatic heterocycles. The van der Waals surface area contributed by atoms with Crippen molar-refractivity contribution in [3.8, 4) is 50.6 Å². The Bertz CT molecular complexity index is 2780. The summed E-state index contributed by atoms with van der Waals surface area (Å²) in [5.74, 6) is 0. The number of nitrogens with zero attached hydrogens (tertiary/aromatic N) is 3. The van der Waals surface area contributed by atoms with E-state index in [-0.39, 0.29) is 0 Å². The Hall–Kier alpha value is -6.73. The second-order valence-corrected chi connectivity index (χ2v) is 11.8. The van der Waals surface area contributed by atoms with Crippen LogP contribution in [-0.4, -0.2) is 0 Å². The average Bonchev–Trinajstić information content (AvgIpc) is 3.43. The maximum Gasteiger partial charge on any atom is 0.187 e. The van der Waals surface area contributed by atoms with Crippen LogP contribution in [0.15, 0.2) is 127 Å². The van der Waals surface area contributed by atoms with E-state index < -0.39 is 0 Å². The third kappa shape index (κ3) is 3.63. The lowest BCUT2D eigenvalue weighted by molar-refractivity contribution is 1.48. The van der Waals surface area contributed by atoms with Gasteiger partial charge in [0.1, 0.15) is 0 Å². The van der Waals surface area contributed by atoms with E-state index in [1.165, 1.54) is 33.0 Å². The van der Waals surface area contributed by atoms with Crippen molar-refractivity contribution in [3.63, 3.8) is 0 Å². The number of hydrogen-bond donors (Lipinski definition) is 0. The summed E-state index contributed by atoms with van der Waals surface area (Å²) in [5, 5.41) is 18.7. The lowest BCUT2D eigenvalue weighted by Gasteiger charge is -2.18. The van der Waals surface area contributed by atoms with Gasteiger partial charge in [0.2, 0.25) is 0 Å². The highest BCUT2D eigenvalue weighted by atomic mass is 14.6. The van der Waals surface area contributed by atoms with E-state index in [2.05, 4.69) is 88.6 Å². The minimum absolute atomic E-state index is 0.569. The number of rotatable bonds is 2. The van der Waals surface area contributed by atoms with Crippen LogP contribution >= 0.6 is 0 Å². The molecule has 0 bridgehead atoms. The molecule has 1 aliphatic rings. The first-order valence-electron chi connectivity index (χ1n) is 15.0. The van der Waals surface area contributed by atoms with E-state index in [1.807, 2.05) is 54.6 Å². The largest absolute Gasteiger partial charge is 0.238 e. The number of hydrogen-bond acceptors (Lipinski definition) is 1. The van der Waals surface area contributed by atoms with Crippen LogP contribution in [0.1, 0.15) is 5.56 Å². The fourth-order valence-corrected chi connectivity index (χ4v) is 7.36. The molecule has 8 aromatic rings.